The van der Waals surface area contributed by atoms with Gasteiger partial charge < -0.3 is 10.1 Å². The number of thiazole rings is 1. The molecular formula is C13H13FN2O2S. The van der Waals surface area contributed by atoms with Crippen molar-refractivity contribution in [2.75, 3.05) is 12.4 Å². The number of hydrogen-bond donors (Lipinski definition) is 1. The lowest BCUT2D eigenvalue weighted by atomic mass is 10.2. The van der Waals surface area contributed by atoms with Crippen molar-refractivity contribution in [1.82, 2.24) is 4.98 Å². The number of hydrogen-bond acceptors (Lipinski definition) is 5. The summed E-state index contributed by atoms with van der Waals surface area (Å²) in [6, 6.07) is 6.52. The van der Waals surface area contributed by atoms with Gasteiger partial charge in [0.2, 0.25) is 0 Å². The number of anilines is 1. The summed E-state index contributed by atoms with van der Waals surface area (Å²) in [4.78, 5) is 16.3. The van der Waals surface area contributed by atoms with Gasteiger partial charge in [0.25, 0.3) is 0 Å². The van der Waals surface area contributed by atoms with Crippen LogP contribution in [-0.2, 0) is 11.3 Å². The fourth-order valence-electron chi connectivity index (χ4n) is 1.57. The number of nitrogens with one attached hydrogen (secondary N) is 1. The summed E-state index contributed by atoms with van der Waals surface area (Å²) in [5.41, 5.74) is 0.846. The lowest BCUT2D eigenvalue weighted by Crippen LogP contribution is -2.05. The second-order valence-corrected chi connectivity index (χ2v) is 5.06. The maximum atomic E-state index is 13.4. The maximum Gasteiger partial charge on any atom is 0.357 e. The van der Waals surface area contributed by atoms with E-state index in [2.05, 4.69) is 15.0 Å². The Balaban J connectivity index is 2.09. The molecule has 0 saturated heterocycles. The van der Waals surface area contributed by atoms with Crippen LogP contribution in [0.25, 0.3) is 0 Å². The van der Waals surface area contributed by atoms with Gasteiger partial charge in [0.05, 0.1) is 7.11 Å². The molecule has 0 bridgehead atoms. The third-order valence-electron chi connectivity index (χ3n) is 2.56. The third kappa shape index (κ3) is 3.08. The number of nitrogens with zero attached hydrogens (tertiary/aromatic N) is 1. The van der Waals surface area contributed by atoms with Crippen LogP contribution in [0.5, 0.6) is 0 Å². The largest absolute Gasteiger partial charge is 0.464 e. The predicted octanol–water partition coefficient (Wildman–Crippen LogP) is 2.99. The Hall–Kier alpha value is -1.95. The number of methoxy groups -OCH3 is 1. The lowest BCUT2D eigenvalue weighted by molar-refractivity contribution is 0.0594. The minimum absolute atomic E-state index is 0.267. The van der Waals surface area contributed by atoms with Gasteiger partial charge >= 0.3 is 5.97 Å². The van der Waals surface area contributed by atoms with Gasteiger partial charge in [-0.05, 0) is 13.0 Å². The molecule has 0 saturated carbocycles. The maximum absolute atomic E-state index is 13.4. The molecule has 2 aromatic rings. The first-order chi connectivity index (χ1) is 9.11. The molecular weight excluding hydrogens is 267 g/mol. The number of esters is 1. The van der Waals surface area contributed by atoms with Gasteiger partial charge in [-0.3, -0.25) is 0 Å². The number of halogens is 1. The van der Waals surface area contributed by atoms with Crippen LogP contribution >= 0.6 is 11.3 Å². The van der Waals surface area contributed by atoms with E-state index in [9.17, 15) is 9.18 Å². The molecule has 0 atom stereocenters. The van der Waals surface area contributed by atoms with Crippen LogP contribution in [-0.4, -0.2) is 18.1 Å². The van der Waals surface area contributed by atoms with Crippen LogP contribution < -0.4 is 5.32 Å². The molecule has 1 aromatic carbocycles. The fraction of sp³-hybridized carbons (Fsp3) is 0.231. The molecule has 0 unspecified atom stereocenters. The monoisotopic (exact) mass is 280 g/mol. The van der Waals surface area contributed by atoms with Gasteiger partial charge in [-0.2, -0.15) is 0 Å². The van der Waals surface area contributed by atoms with Crippen molar-refractivity contribution in [1.29, 1.82) is 0 Å². The summed E-state index contributed by atoms with van der Waals surface area (Å²) < 4.78 is 18.1. The van der Waals surface area contributed by atoms with Gasteiger partial charge in [0.1, 0.15) is 5.82 Å². The van der Waals surface area contributed by atoms with E-state index in [-0.39, 0.29) is 5.82 Å². The van der Waals surface area contributed by atoms with E-state index < -0.39 is 5.97 Å². The molecule has 1 aromatic heterocycles. The number of benzene rings is 1. The van der Waals surface area contributed by atoms with Crippen molar-refractivity contribution in [3.63, 3.8) is 0 Å². The van der Waals surface area contributed by atoms with Gasteiger partial charge in [-0.1, -0.05) is 18.2 Å². The summed E-state index contributed by atoms with van der Waals surface area (Å²) in [6.45, 7) is 2.11. The third-order valence-corrected chi connectivity index (χ3v) is 3.49. The van der Waals surface area contributed by atoms with E-state index in [1.165, 1.54) is 24.5 Å². The quantitative estimate of drug-likeness (QED) is 0.875. The zero-order chi connectivity index (χ0) is 13.8. The van der Waals surface area contributed by atoms with Crippen LogP contribution in [0.3, 0.4) is 0 Å². The molecule has 4 nitrogen and oxygen atoms in total. The normalized spacial score (nSPS) is 10.3. The molecule has 0 radical (unpaired) electrons. The lowest BCUT2D eigenvalue weighted by Gasteiger charge is -2.03. The predicted molar refractivity (Wildman–Crippen MR) is 71.9 cm³/mol. The smallest absolute Gasteiger partial charge is 0.357 e. The van der Waals surface area contributed by atoms with Crippen LogP contribution in [0.4, 0.5) is 9.52 Å². The zero-order valence-corrected chi connectivity index (χ0v) is 11.4. The molecule has 0 amide bonds. The molecule has 0 fully saturated rings. The number of aromatic nitrogens is 1. The average molecular weight is 280 g/mol. The number of aryl methyl sites for hydroxylation is 1. The first-order valence-corrected chi connectivity index (χ1v) is 6.46. The van der Waals surface area contributed by atoms with Crippen molar-refractivity contribution in [2.24, 2.45) is 0 Å². The zero-order valence-electron chi connectivity index (χ0n) is 10.6. The van der Waals surface area contributed by atoms with Crippen molar-refractivity contribution >= 4 is 22.4 Å². The number of carbonyl (C=O) groups excluding carboxylic acids is 1. The van der Waals surface area contributed by atoms with Crippen LogP contribution in [0, 0.1) is 12.7 Å². The molecule has 19 heavy (non-hydrogen) atoms. The number of carbonyl (C=O) groups is 1. The second kappa shape index (κ2) is 5.79. The molecule has 0 aliphatic heterocycles. The minimum atomic E-state index is -0.465. The van der Waals surface area contributed by atoms with Gasteiger partial charge in [-0.25, -0.2) is 14.2 Å². The number of rotatable bonds is 4. The van der Waals surface area contributed by atoms with E-state index in [4.69, 9.17) is 0 Å². The summed E-state index contributed by atoms with van der Waals surface area (Å²) in [5, 5.41) is 3.57. The van der Waals surface area contributed by atoms with E-state index in [0.29, 0.717) is 22.9 Å². The van der Waals surface area contributed by atoms with Crippen molar-refractivity contribution in [3.05, 3.63) is 46.2 Å². The van der Waals surface area contributed by atoms with Crippen LogP contribution in [0.2, 0.25) is 0 Å². The Labute approximate surface area is 114 Å². The van der Waals surface area contributed by atoms with Crippen molar-refractivity contribution in [3.8, 4) is 0 Å². The number of ether oxygens (including phenoxy) is 1. The molecule has 1 heterocycles. The summed E-state index contributed by atoms with van der Waals surface area (Å²) in [7, 11) is 1.31. The van der Waals surface area contributed by atoms with E-state index in [1.807, 2.05) is 0 Å². The van der Waals surface area contributed by atoms with Crippen molar-refractivity contribution < 1.29 is 13.9 Å². The van der Waals surface area contributed by atoms with E-state index >= 15 is 0 Å². The Kier molecular flexibility index (Phi) is 4.11. The van der Waals surface area contributed by atoms with Gasteiger partial charge in [0, 0.05) is 17.0 Å². The molecule has 0 spiro atoms. The Morgan fingerprint density at radius 2 is 2.21 bits per heavy atom. The van der Waals surface area contributed by atoms with E-state index in [0.717, 1.165) is 4.88 Å². The van der Waals surface area contributed by atoms with Crippen LogP contribution in [0.1, 0.15) is 20.9 Å². The Bertz CT molecular complexity index is 598. The van der Waals surface area contributed by atoms with Crippen molar-refractivity contribution in [2.45, 2.75) is 13.5 Å². The highest BCUT2D eigenvalue weighted by Gasteiger charge is 2.15. The van der Waals surface area contributed by atoms with Gasteiger partial charge in [0.15, 0.2) is 10.8 Å². The molecule has 100 valence electrons. The summed E-state index contributed by atoms with van der Waals surface area (Å²) >= 11 is 1.34. The highest BCUT2D eigenvalue weighted by atomic mass is 32.1. The molecule has 0 aliphatic carbocycles. The molecule has 0 aliphatic rings. The summed E-state index contributed by atoms with van der Waals surface area (Å²) in [6.07, 6.45) is 0. The first kappa shape index (κ1) is 13.5. The highest BCUT2D eigenvalue weighted by Crippen LogP contribution is 2.23. The average Bonchev–Trinajstić information content (AvgIpc) is 2.78. The standard InChI is InChI=1S/C13H13FN2O2S/c1-8-11(12(17)18-2)16-13(19-8)15-7-9-5-3-4-6-10(9)14/h3-6H,7H2,1-2H3,(H,15,16). The fourth-order valence-corrected chi connectivity index (χ4v) is 2.37. The topological polar surface area (TPSA) is 51.2 Å². The SMILES string of the molecule is COC(=O)c1nc(NCc2ccccc2F)sc1C. The highest BCUT2D eigenvalue weighted by molar-refractivity contribution is 7.15. The Morgan fingerprint density at radius 3 is 2.89 bits per heavy atom. The van der Waals surface area contributed by atoms with Gasteiger partial charge in [-0.15, -0.1) is 11.3 Å². The molecule has 6 heteroatoms. The first-order valence-electron chi connectivity index (χ1n) is 5.65. The minimum Gasteiger partial charge on any atom is -0.464 e. The van der Waals surface area contributed by atoms with E-state index in [1.54, 1.807) is 25.1 Å². The molecule has 2 rings (SSSR count). The second-order valence-electron chi connectivity index (χ2n) is 3.86. The van der Waals surface area contributed by atoms with Crippen LogP contribution in [0.15, 0.2) is 24.3 Å². The molecule has 1 N–H and O–H groups in total. The summed E-state index contributed by atoms with van der Waals surface area (Å²) in [5.74, 6) is -0.732. The Morgan fingerprint density at radius 1 is 1.47 bits per heavy atom.